The van der Waals surface area contributed by atoms with Gasteiger partial charge in [0.15, 0.2) is 0 Å². The lowest BCUT2D eigenvalue weighted by Gasteiger charge is -2.08. The molecule has 1 N–H and O–H groups in total. The van der Waals surface area contributed by atoms with Gasteiger partial charge in [0.2, 0.25) is 0 Å². The summed E-state index contributed by atoms with van der Waals surface area (Å²) in [5, 5.41) is 0.642. The van der Waals surface area contributed by atoms with Crippen LogP contribution in [0.25, 0.3) is 10.9 Å². The number of hydrogen-bond acceptors (Lipinski definition) is 3. The van der Waals surface area contributed by atoms with Crippen LogP contribution in [0.3, 0.4) is 0 Å². The largest absolute Gasteiger partial charge is 0.309 e. The van der Waals surface area contributed by atoms with Crippen molar-refractivity contribution in [3.8, 4) is 0 Å². The molecule has 0 amide bonds. The van der Waals surface area contributed by atoms with Gasteiger partial charge in [-0.05, 0) is 40.6 Å². The number of hydrogen-bond donors (Lipinski definition) is 1. The van der Waals surface area contributed by atoms with Crippen LogP contribution in [0, 0.1) is 5.82 Å². The van der Waals surface area contributed by atoms with Crippen LogP contribution in [0.2, 0.25) is 0 Å². The molecule has 0 spiro atoms. The molecule has 1 saturated heterocycles. The van der Waals surface area contributed by atoms with Crippen LogP contribution in [-0.2, 0) is 0 Å². The average Bonchev–Trinajstić information content (AvgIpc) is 2.85. The highest BCUT2D eigenvalue weighted by Crippen LogP contribution is 2.38. The summed E-state index contributed by atoms with van der Waals surface area (Å²) in [6.07, 6.45) is 2.14. The van der Waals surface area contributed by atoms with Gasteiger partial charge in [-0.3, -0.25) is 4.79 Å². The summed E-state index contributed by atoms with van der Waals surface area (Å²) in [5.41, 5.74) is 0.213. The molecule has 6 heteroatoms. The van der Waals surface area contributed by atoms with E-state index in [9.17, 15) is 9.18 Å². The molecule has 1 aromatic carbocycles. The fourth-order valence-corrected chi connectivity index (χ4v) is 3.66. The molecule has 1 aromatic heterocycles. The van der Waals surface area contributed by atoms with Gasteiger partial charge in [0.1, 0.15) is 11.6 Å². The fraction of sp³-hybridized carbons (Fsp3) is 0.333. The first-order valence-corrected chi connectivity index (χ1v) is 7.50. The van der Waals surface area contributed by atoms with Gasteiger partial charge in [-0.15, -0.1) is 0 Å². The maximum Gasteiger partial charge on any atom is 0.258 e. The number of thioether (sulfide) groups is 1. The number of nitrogens with zero attached hydrogens (tertiary/aromatic N) is 1. The zero-order chi connectivity index (χ0) is 12.7. The van der Waals surface area contributed by atoms with Crippen LogP contribution in [0.4, 0.5) is 4.39 Å². The molecule has 2 heterocycles. The van der Waals surface area contributed by atoms with Crippen molar-refractivity contribution >= 4 is 38.6 Å². The molecule has 0 unspecified atom stereocenters. The lowest BCUT2D eigenvalue weighted by atomic mass is 10.2. The van der Waals surface area contributed by atoms with Gasteiger partial charge in [0.05, 0.1) is 20.6 Å². The maximum atomic E-state index is 13.5. The molecule has 3 rings (SSSR count). The van der Waals surface area contributed by atoms with Gasteiger partial charge in [-0.25, -0.2) is 9.37 Å². The Morgan fingerprint density at radius 2 is 2.33 bits per heavy atom. The molecular formula is C12H10BrFN2OS. The third-order valence-corrected chi connectivity index (χ3v) is 4.99. The minimum Gasteiger partial charge on any atom is -0.309 e. The SMILES string of the molecule is O=c1[nH]c([C@H]2CCCS2)nc2cc(F)c(Br)cc12. The van der Waals surface area contributed by atoms with Crippen molar-refractivity contribution in [2.75, 3.05) is 5.75 Å². The van der Waals surface area contributed by atoms with Crippen molar-refractivity contribution in [2.24, 2.45) is 0 Å². The monoisotopic (exact) mass is 328 g/mol. The summed E-state index contributed by atoms with van der Waals surface area (Å²) in [5.74, 6) is 1.35. The van der Waals surface area contributed by atoms with E-state index in [0.717, 1.165) is 18.6 Å². The number of rotatable bonds is 1. The summed E-state index contributed by atoms with van der Waals surface area (Å²) in [4.78, 5) is 19.2. The lowest BCUT2D eigenvalue weighted by molar-refractivity contribution is 0.622. The minimum atomic E-state index is -0.398. The summed E-state index contributed by atoms with van der Waals surface area (Å²) >= 11 is 4.86. The third-order valence-electron chi connectivity index (χ3n) is 3.00. The van der Waals surface area contributed by atoms with Gasteiger partial charge in [0, 0.05) is 6.07 Å². The molecule has 3 nitrogen and oxygen atoms in total. The van der Waals surface area contributed by atoms with Crippen molar-refractivity contribution in [3.63, 3.8) is 0 Å². The average molecular weight is 329 g/mol. The lowest BCUT2D eigenvalue weighted by Crippen LogP contribution is -2.13. The van der Waals surface area contributed by atoms with Crippen LogP contribution >= 0.6 is 27.7 Å². The van der Waals surface area contributed by atoms with Gasteiger partial charge < -0.3 is 4.98 Å². The molecular weight excluding hydrogens is 319 g/mol. The van der Waals surface area contributed by atoms with Crippen molar-refractivity contribution in [3.05, 3.63) is 38.6 Å². The highest BCUT2D eigenvalue weighted by Gasteiger charge is 2.21. The molecule has 1 fully saturated rings. The number of fused-ring (bicyclic) bond motifs is 1. The van der Waals surface area contributed by atoms with Crippen molar-refractivity contribution < 1.29 is 4.39 Å². The molecule has 18 heavy (non-hydrogen) atoms. The quantitative estimate of drug-likeness (QED) is 0.872. The standard InChI is InChI=1S/C12H10BrFN2OS/c13-7-4-6-9(5-8(7)14)15-11(16-12(6)17)10-2-1-3-18-10/h4-5,10H,1-3H2,(H,15,16,17)/t10-/m1/s1. The molecule has 0 bridgehead atoms. The molecule has 1 aliphatic rings. The smallest absolute Gasteiger partial charge is 0.258 e. The van der Waals surface area contributed by atoms with E-state index in [-0.39, 0.29) is 15.3 Å². The van der Waals surface area contributed by atoms with Crippen LogP contribution < -0.4 is 5.56 Å². The molecule has 94 valence electrons. The first-order valence-electron chi connectivity index (χ1n) is 5.66. The Morgan fingerprint density at radius 3 is 3.06 bits per heavy atom. The minimum absolute atomic E-state index is 0.205. The van der Waals surface area contributed by atoms with Crippen molar-refractivity contribution in [2.45, 2.75) is 18.1 Å². The Bertz CT molecular complexity index is 667. The first kappa shape index (κ1) is 12.2. The van der Waals surface area contributed by atoms with Crippen LogP contribution in [0.15, 0.2) is 21.4 Å². The summed E-state index contributed by atoms with van der Waals surface area (Å²) in [7, 11) is 0. The number of benzene rings is 1. The van der Waals surface area contributed by atoms with Gasteiger partial charge >= 0.3 is 0 Å². The van der Waals surface area contributed by atoms with Crippen molar-refractivity contribution in [1.82, 2.24) is 9.97 Å². The van der Waals surface area contributed by atoms with Crippen LogP contribution in [0.1, 0.15) is 23.9 Å². The second kappa shape index (κ2) is 4.66. The zero-order valence-electron chi connectivity index (χ0n) is 9.37. The van der Waals surface area contributed by atoms with E-state index >= 15 is 0 Å². The fourth-order valence-electron chi connectivity index (χ4n) is 2.10. The second-order valence-electron chi connectivity index (χ2n) is 4.24. The molecule has 1 aliphatic heterocycles. The second-order valence-corrected chi connectivity index (χ2v) is 6.40. The number of H-pyrrole nitrogens is 1. The van der Waals surface area contributed by atoms with Gasteiger partial charge in [0.25, 0.3) is 5.56 Å². The molecule has 1 atom stereocenters. The zero-order valence-corrected chi connectivity index (χ0v) is 11.8. The van der Waals surface area contributed by atoms with E-state index in [1.807, 2.05) is 0 Å². The van der Waals surface area contributed by atoms with E-state index in [1.165, 1.54) is 12.1 Å². The summed E-state index contributed by atoms with van der Waals surface area (Å²) in [6, 6.07) is 2.78. The highest BCUT2D eigenvalue weighted by molar-refractivity contribution is 9.10. The van der Waals surface area contributed by atoms with E-state index in [4.69, 9.17) is 0 Å². The molecule has 0 radical (unpaired) electrons. The Balaban J connectivity index is 2.20. The topological polar surface area (TPSA) is 45.8 Å². The summed E-state index contributed by atoms with van der Waals surface area (Å²) in [6.45, 7) is 0. The Morgan fingerprint density at radius 1 is 1.50 bits per heavy atom. The number of nitrogens with one attached hydrogen (secondary N) is 1. The Labute approximate surface area is 115 Å². The molecule has 2 aromatic rings. The van der Waals surface area contributed by atoms with E-state index in [1.54, 1.807) is 11.8 Å². The normalized spacial score (nSPS) is 19.6. The predicted octanol–water partition coefficient (Wildman–Crippen LogP) is 3.39. The van der Waals surface area contributed by atoms with E-state index in [2.05, 4.69) is 25.9 Å². The number of aromatic nitrogens is 2. The maximum absolute atomic E-state index is 13.5. The predicted molar refractivity (Wildman–Crippen MR) is 74.5 cm³/mol. The first-order chi connectivity index (χ1) is 8.65. The van der Waals surface area contributed by atoms with Crippen LogP contribution in [-0.4, -0.2) is 15.7 Å². The molecule has 0 saturated carbocycles. The Kier molecular flexibility index (Phi) is 3.15. The van der Waals surface area contributed by atoms with E-state index in [0.29, 0.717) is 16.7 Å². The third kappa shape index (κ3) is 2.07. The molecule has 0 aliphatic carbocycles. The van der Waals surface area contributed by atoms with E-state index < -0.39 is 5.82 Å². The van der Waals surface area contributed by atoms with Crippen molar-refractivity contribution in [1.29, 1.82) is 0 Å². The summed E-state index contributed by atoms with van der Waals surface area (Å²) < 4.78 is 13.8. The van der Waals surface area contributed by atoms with Gasteiger partial charge in [-0.1, -0.05) is 0 Å². The Hall–Kier alpha value is -0.880. The highest BCUT2D eigenvalue weighted by atomic mass is 79.9. The number of halogens is 2. The van der Waals surface area contributed by atoms with Gasteiger partial charge in [-0.2, -0.15) is 11.8 Å². The van der Waals surface area contributed by atoms with Crippen LogP contribution in [0.5, 0.6) is 0 Å². The number of aromatic amines is 1.